The molecule has 5 heteroatoms. The topological polar surface area (TPSA) is 66.5 Å². The average molecular weight is 265 g/mol. The van der Waals surface area contributed by atoms with Crippen molar-refractivity contribution in [2.45, 2.75) is 13.0 Å². The summed E-state index contributed by atoms with van der Waals surface area (Å²) < 4.78 is 0. The monoisotopic (exact) mass is 265 g/mol. The fraction of sp³-hybridized carbons (Fsp3) is 0.133. The van der Waals surface area contributed by atoms with Gasteiger partial charge in [-0.3, -0.25) is 0 Å². The maximum atomic E-state index is 3.99. The Morgan fingerprint density at radius 2 is 1.90 bits per heavy atom. The molecule has 1 atom stereocenters. The number of nitrogens with one attached hydrogen (secondary N) is 2. The second-order valence-electron chi connectivity index (χ2n) is 4.59. The van der Waals surface area contributed by atoms with E-state index in [2.05, 4.69) is 45.0 Å². The minimum absolute atomic E-state index is 0.233. The maximum absolute atomic E-state index is 3.99. The molecule has 3 aromatic rings. The van der Waals surface area contributed by atoms with E-state index in [1.54, 1.807) is 0 Å². The van der Waals surface area contributed by atoms with Crippen LogP contribution in [-0.2, 0) is 0 Å². The summed E-state index contributed by atoms with van der Waals surface area (Å²) in [7, 11) is 0. The first-order chi connectivity index (χ1) is 9.83. The number of tetrazole rings is 1. The number of H-pyrrole nitrogens is 1. The van der Waals surface area contributed by atoms with E-state index in [1.807, 2.05) is 42.5 Å². The number of aromatic nitrogens is 4. The summed E-state index contributed by atoms with van der Waals surface area (Å²) in [5.41, 5.74) is 3.21. The summed E-state index contributed by atoms with van der Waals surface area (Å²) in [6.45, 7) is 2.14. The lowest BCUT2D eigenvalue weighted by Gasteiger charge is -2.16. The van der Waals surface area contributed by atoms with Gasteiger partial charge in [-0.25, -0.2) is 0 Å². The van der Waals surface area contributed by atoms with E-state index < -0.39 is 0 Å². The van der Waals surface area contributed by atoms with Crippen molar-refractivity contribution in [3.8, 4) is 11.4 Å². The predicted molar refractivity (Wildman–Crippen MR) is 78.1 cm³/mol. The van der Waals surface area contributed by atoms with Gasteiger partial charge in [-0.1, -0.05) is 42.5 Å². The van der Waals surface area contributed by atoms with Crippen LogP contribution >= 0.6 is 0 Å². The molecule has 0 aliphatic heterocycles. The van der Waals surface area contributed by atoms with Gasteiger partial charge < -0.3 is 5.32 Å². The van der Waals surface area contributed by atoms with Crippen LogP contribution in [0.1, 0.15) is 18.5 Å². The molecule has 0 saturated heterocycles. The summed E-state index contributed by atoms with van der Waals surface area (Å²) in [6, 6.07) is 18.6. The van der Waals surface area contributed by atoms with Gasteiger partial charge in [-0.2, -0.15) is 5.21 Å². The molecule has 5 nitrogen and oxygen atoms in total. The van der Waals surface area contributed by atoms with E-state index in [9.17, 15) is 0 Å². The molecule has 0 aliphatic carbocycles. The van der Waals surface area contributed by atoms with Gasteiger partial charge in [0.2, 0.25) is 5.82 Å². The maximum Gasteiger partial charge on any atom is 0.204 e. The zero-order chi connectivity index (χ0) is 13.8. The lowest BCUT2D eigenvalue weighted by atomic mass is 10.1. The third-order valence-corrected chi connectivity index (χ3v) is 3.15. The standard InChI is InChI=1S/C15H15N5/c1-11(12-6-3-2-4-7-12)16-14-9-5-8-13(10-14)15-17-19-20-18-15/h2-11,16H,1H3,(H,17,18,19,20). The number of hydrogen-bond donors (Lipinski definition) is 2. The van der Waals surface area contributed by atoms with E-state index in [0.29, 0.717) is 5.82 Å². The number of benzene rings is 2. The van der Waals surface area contributed by atoms with Crippen molar-refractivity contribution < 1.29 is 0 Å². The minimum atomic E-state index is 0.233. The van der Waals surface area contributed by atoms with E-state index in [-0.39, 0.29) is 6.04 Å². The quantitative estimate of drug-likeness (QED) is 0.761. The van der Waals surface area contributed by atoms with Gasteiger partial charge in [0.15, 0.2) is 0 Å². The Bertz CT molecular complexity index is 664. The Hall–Kier alpha value is -2.69. The van der Waals surface area contributed by atoms with Crippen molar-refractivity contribution in [1.82, 2.24) is 20.6 Å². The van der Waals surface area contributed by atoms with Crippen molar-refractivity contribution in [2.75, 3.05) is 5.32 Å². The van der Waals surface area contributed by atoms with Gasteiger partial charge in [-0.05, 0) is 29.8 Å². The van der Waals surface area contributed by atoms with Gasteiger partial charge >= 0.3 is 0 Å². The molecule has 1 aromatic heterocycles. The highest BCUT2D eigenvalue weighted by molar-refractivity contribution is 5.62. The van der Waals surface area contributed by atoms with Crippen molar-refractivity contribution in [1.29, 1.82) is 0 Å². The van der Waals surface area contributed by atoms with Crippen molar-refractivity contribution in [2.24, 2.45) is 0 Å². The first-order valence-electron chi connectivity index (χ1n) is 6.48. The molecule has 0 amide bonds. The Kier molecular flexibility index (Phi) is 3.41. The van der Waals surface area contributed by atoms with Crippen LogP contribution in [0.2, 0.25) is 0 Å². The second kappa shape index (κ2) is 5.52. The Balaban J connectivity index is 1.80. The fourth-order valence-electron chi connectivity index (χ4n) is 2.11. The molecule has 0 spiro atoms. The van der Waals surface area contributed by atoms with Gasteiger partial charge in [0.1, 0.15) is 0 Å². The number of nitrogens with zero attached hydrogens (tertiary/aromatic N) is 3. The van der Waals surface area contributed by atoms with Gasteiger partial charge in [-0.15, -0.1) is 10.2 Å². The molecule has 0 bridgehead atoms. The molecule has 2 N–H and O–H groups in total. The normalized spacial score (nSPS) is 12.1. The van der Waals surface area contributed by atoms with Crippen molar-refractivity contribution >= 4 is 5.69 Å². The van der Waals surface area contributed by atoms with Gasteiger partial charge in [0.05, 0.1) is 0 Å². The second-order valence-corrected chi connectivity index (χ2v) is 4.59. The lowest BCUT2D eigenvalue weighted by molar-refractivity contribution is 0.881. The van der Waals surface area contributed by atoms with Crippen molar-refractivity contribution in [3.63, 3.8) is 0 Å². The van der Waals surface area contributed by atoms with Crippen LogP contribution in [-0.4, -0.2) is 20.6 Å². The number of anilines is 1. The molecule has 20 heavy (non-hydrogen) atoms. The molecule has 0 aliphatic rings. The lowest BCUT2D eigenvalue weighted by Crippen LogP contribution is -2.06. The molecule has 0 radical (unpaired) electrons. The highest BCUT2D eigenvalue weighted by Gasteiger charge is 2.07. The van der Waals surface area contributed by atoms with E-state index in [1.165, 1.54) is 5.56 Å². The molecular weight excluding hydrogens is 250 g/mol. The van der Waals surface area contributed by atoms with Crippen LogP contribution < -0.4 is 5.32 Å². The minimum Gasteiger partial charge on any atom is -0.379 e. The van der Waals surface area contributed by atoms with Gasteiger partial charge in [0, 0.05) is 17.3 Å². The Morgan fingerprint density at radius 1 is 1.05 bits per heavy atom. The number of rotatable bonds is 4. The molecule has 1 unspecified atom stereocenters. The molecule has 3 rings (SSSR count). The SMILES string of the molecule is CC(Nc1cccc(-c2nn[nH]n2)c1)c1ccccc1. The van der Waals surface area contributed by atoms with Crippen LogP contribution in [0.4, 0.5) is 5.69 Å². The number of hydrogen-bond acceptors (Lipinski definition) is 4. The first kappa shape index (κ1) is 12.3. The van der Waals surface area contributed by atoms with E-state index >= 15 is 0 Å². The molecule has 0 saturated carbocycles. The summed E-state index contributed by atoms with van der Waals surface area (Å²) in [5.74, 6) is 0.598. The third kappa shape index (κ3) is 2.66. The molecular formula is C15H15N5. The highest BCUT2D eigenvalue weighted by Crippen LogP contribution is 2.22. The van der Waals surface area contributed by atoms with Crippen LogP contribution in [0.15, 0.2) is 54.6 Å². The molecule has 2 aromatic carbocycles. The average Bonchev–Trinajstić information content (AvgIpc) is 3.03. The summed E-state index contributed by atoms with van der Waals surface area (Å²) in [5, 5.41) is 17.5. The Labute approximate surface area is 117 Å². The third-order valence-electron chi connectivity index (χ3n) is 3.15. The van der Waals surface area contributed by atoms with Crippen LogP contribution in [0.3, 0.4) is 0 Å². The zero-order valence-corrected chi connectivity index (χ0v) is 11.1. The van der Waals surface area contributed by atoms with E-state index in [4.69, 9.17) is 0 Å². The highest BCUT2D eigenvalue weighted by atomic mass is 15.5. The number of aromatic amines is 1. The van der Waals surface area contributed by atoms with Crippen molar-refractivity contribution in [3.05, 3.63) is 60.2 Å². The van der Waals surface area contributed by atoms with Crippen LogP contribution in [0.25, 0.3) is 11.4 Å². The van der Waals surface area contributed by atoms with Crippen LogP contribution in [0.5, 0.6) is 0 Å². The Morgan fingerprint density at radius 3 is 2.65 bits per heavy atom. The molecule has 100 valence electrons. The zero-order valence-electron chi connectivity index (χ0n) is 11.1. The molecule has 0 fully saturated rings. The summed E-state index contributed by atoms with van der Waals surface area (Å²) >= 11 is 0. The smallest absolute Gasteiger partial charge is 0.204 e. The summed E-state index contributed by atoms with van der Waals surface area (Å²) in [4.78, 5) is 0. The van der Waals surface area contributed by atoms with Gasteiger partial charge in [0.25, 0.3) is 0 Å². The van der Waals surface area contributed by atoms with E-state index in [0.717, 1.165) is 11.3 Å². The van der Waals surface area contributed by atoms with Crippen LogP contribution in [0, 0.1) is 0 Å². The first-order valence-corrected chi connectivity index (χ1v) is 6.48. The fourth-order valence-corrected chi connectivity index (χ4v) is 2.11. The predicted octanol–water partition coefficient (Wildman–Crippen LogP) is 3.04. The molecule has 1 heterocycles. The summed E-state index contributed by atoms with van der Waals surface area (Å²) in [6.07, 6.45) is 0. The largest absolute Gasteiger partial charge is 0.379 e.